The molecular weight excluding hydrogens is 685 g/mol. The Morgan fingerprint density at radius 3 is 1.58 bits per heavy atom. The van der Waals surface area contributed by atoms with Gasteiger partial charge in [0.25, 0.3) is 0 Å². The molecule has 0 atom stereocenters. The second-order valence-electron chi connectivity index (χ2n) is 14.5. The minimum absolute atomic E-state index is 1.18. The fourth-order valence-corrected chi connectivity index (χ4v) is 10.2. The van der Waals surface area contributed by atoms with Crippen molar-refractivity contribution in [3.05, 3.63) is 194 Å². The predicted molar refractivity (Wildman–Crippen MR) is 236 cm³/mol. The molecule has 0 aliphatic rings. The van der Waals surface area contributed by atoms with E-state index in [-0.39, 0.29) is 0 Å². The summed E-state index contributed by atoms with van der Waals surface area (Å²) in [5.41, 5.74) is 12.1. The van der Waals surface area contributed by atoms with Gasteiger partial charge in [-0.3, -0.25) is 0 Å². The maximum absolute atomic E-state index is 2.47. The zero-order valence-electron chi connectivity index (χ0n) is 29.8. The van der Waals surface area contributed by atoms with Gasteiger partial charge in [-0.15, -0.1) is 11.3 Å². The normalized spacial score (nSPS) is 12.0. The van der Waals surface area contributed by atoms with Gasteiger partial charge >= 0.3 is 0 Å². The molecule has 0 aliphatic heterocycles. The van der Waals surface area contributed by atoms with E-state index in [1.807, 2.05) is 11.3 Å². The number of rotatable bonds is 4. The van der Waals surface area contributed by atoms with E-state index < -0.39 is 0 Å². The van der Waals surface area contributed by atoms with Crippen LogP contribution in [0.3, 0.4) is 0 Å². The highest BCUT2D eigenvalue weighted by molar-refractivity contribution is 7.26. The van der Waals surface area contributed by atoms with E-state index in [4.69, 9.17) is 0 Å². The van der Waals surface area contributed by atoms with E-state index in [0.29, 0.717) is 0 Å². The molecule has 12 rings (SSSR count). The molecule has 0 aliphatic carbocycles. The summed E-state index contributed by atoms with van der Waals surface area (Å²) < 4.78 is 7.52. The molecular formula is C52H32N2S. The average molecular weight is 717 g/mol. The molecule has 3 heteroatoms. The van der Waals surface area contributed by atoms with Crippen LogP contribution in [0, 0.1) is 0 Å². The first-order valence-electron chi connectivity index (χ1n) is 18.8. The fourth-order valence-electron chi connectivity index (χ4n) is 8.95. The van der Waals surface area contributed by atoms with Crippen LogP contribution < -0.4 is 0 Å². The zero-order valence-corrected chi connectivity index (χ0v) is 30.6. The van der Waals surface area contributed by atoms with Crippen molar-refractivity contribution in [2.24, 2.45) is 0 Å². The highest BCUT2D eigenvalue weighted by Gasteiger charge is 2.19. The minimum atomic E-state index is 1.18. The third-order valence-electron chi connectivity index (χ3n) is 11.5. The molecule has 2 nitrogen and oxygen atoms in total. The summed E-state index contributed by atoms with van der Waals surface area (Å²) in [5.74, 6) is 0. The Bertz CT molecular complexity index is 3490. The van der Waals surface area contributed by atoms with Gasteiger partial charge in [0.1, 0.15) is 0 Å². The summed E-state index contributed by atoms with van der Waals surface area (Å²) in [5, 5.41) is 10.1. The van der Waals surface area contributed by atoms with E-state index in [2.05, 4.69) is 203 Å². The minimum Gasteiger partial charge on any atom is -0.309 e. The third kappa shape index (κ3) is 4.60. The van der Waals surface area contributed by atoms with Crippen molar-refractivity contribution in [2.45, 2.75) is 0 Å². The van der Waals surface area contributed by atoms with Crippen LogP contribution in [0.15, 0.2) is 194 Å². The van der Waals surface area contributed by atoms with Crippen molar-refractivity contribution in [3.63, 3.8) is 0 Å². The number of para-hydroxylation sites is 2. The smallest absolute Gasteiger partial charge is 0.0541 e. The van der Waals surface area contributed by atoms with Gasteiger partial charge < -0.3 is 9.13 Å². The molecule has 0 saturated carbocycles. The summed E-state index contributed by atoms with van der Waals surface area (Å²) in [6, 6.07) is 71.5. The SMILES string of the molecule is c1ccc(-c2cc(-n3c4ccccc4c4cc(-c5ccc6c(c5)c5ccccc5n6-c5ccc6ccccc6c5)ccc43)cc3c2sc2ccccc23)cc1. The Morgan fingerprint density at radius 2 is 0.873 bits per heavy atom. The quantitative estimate of drug-likeness (QED) is 0.172. The van der Waals surface area contributed by atoms with Gasteiger partial charge in [-0.1, -0.05) is 127 Å². The lowest BCUT2D eigenvalue weighted by Crippen LogP contribution is -1.95. The van der Waals surface area contributed by atoms with Gasteiger partial charge in [-0.25, -0.2) is 0 Å². The zero-order chi connectivity index (χ0) is 36.0. The monoisotopic (exact) mass is 716 g/mol. The molecule has 0 bridgehead atoms. The molecule has 3 aromatic heterocycles. The number of fused-ring (bicyclic) bond motifs is 10. The Labute approximate surface area is 321 Å². The predicted octanol–water partition coefficient (Wildman–Crippen LogP) is 14.7. The topological polar surface area (TPSA) is 9.86 Å². The van der Waals surface area contributed by atoms with Crippen molar-refractivity contribution in [1.29, 1.82) is 0 Å². The first-order valence-corrected chi connectivity index (χ1v) is 19.7. The van der Waals surface area contributed by atoms with Gasteiger partial charge in [-0.2, -0.15) is 0 Å². The molecule has 0 N–H and O–H groups in total. The summed E-state index contributed by atoms with van der Waals surface area (Å²) in [7, 11) is 0. The number of nitrogens with zero attached hydrogens (tertiary/aromatic N) is 2. The van der Waals surface area contributed by atoms with Gasteiger partial charge in [0.2, 0.25) is 0 Å². The largest absolute Gasteiger partial charge is 0.309 e. The van der Waals surface area contributed by atoms with E-state index in [1.54, 1.807) is 0 Å². The maximum Gasteiger partial charge on any atom is 0.0541 e. The fraction of sp³-hybridized carbons (Fsp3) is 0. The Kier molecular flexibility index (Phi) is 6.54. The van der Waals surface area contributed by atoms with Crippen molar-refractivity contribution in [1.82, 2.24) is 9.13 Å². The maximum atomic E-state index is 2.47. The molecule has 12 aromatic rings. The van der Waals surface area contributed by atoms with Crippen LogP contribution in [-0.4, -0.2) is 9.13 Å². The van der Waals surface area contributed by atoms with Crippen LogP contribution in [0.5, 0.6) is 0 Å². The second kappa shape index (κ2) is 11.8. The molecule has 0 radical (unpaired) electrons. The molecule has 0 spiro atoms. The summed E-state index contributed by atoms with van der Waals surface area (Å²) in [6.45, 7) is 0. The highest BCUT2D eigenvalue weighted by Crippen LogP contribution is 2.44. The van der Waals surface area contributed by atoms with E-state index in [0.717, 1.165) is 0 Å². The van der Waals surface area contributed by atoms with Crippen molar-refractivity contribution < 1.29 is 0 Å². The standard InChI is InChI=1S/C52H32N2S/c1-2-13-34(14-3-1)43-31-39(32-46-42-18-8-11-21-51(42)55-52(43)46)54-48-20-10-7-17-41(48)45-30-37(24-27-50(45)54)36-23-26-49-44(29-36)40-16-6-9-19-47(40)53(49)38-25-22-33-12-4-5-15-35(33)28-38/h1-32H. The molecule has 0 saturated heterocycles. The Hall–Kier alpha value is -6.94. The third-order valence-corrected chi connectivity index (χ3v) is 12.7. The van der Waals surface area contributed by atoms with Crippen molar-refractivity contribution >= 4 is 85.9 Å². The highest BCUT2D eigenvalue weighted by atomic mass is 32.1. The molecule has 9 aromatic carbocycles. The number of hydrogen-bond donors (Lipinski definition) is 0. The van der Waals surface area contributed by atoms with Gasteiger partial charge in [-0.05, 0) is 94.2 Å². The molecule has 3 heterocycles. The number of aromatic nitrogens is 2. The van der Waals surface area contributed by atoms with E-state index in [9.17, 15) is 0 Å². The number of thiophene rings is 1. The lowest BCUT2D eigenvalue weighted by Gasteiger charge is -2.13. The average Bonchev–Trinajstić information content (AvgIpc) is 3.91. The molecule has 256 valence electrons. The van der Waals surface area contributed by atoms with Crippen LogP contribution >= 0.6 is 11.3 Å². The van der Waals surface area contributed by atoms with Gasteiger partial charge in [0, 0.05) is 58.7 Å². The first-order chi connectivity index (χ1) is 27.3. The summed E-state index contributed by atoms with van der Waals surface area (Å²) in [6.07, 6.45) is 0. The lowest BCUT2D eigenvalue weighted by molar-refractivity contribution is 1.19. The van der Waals surface area contributed by atoms with Crippen LogP contribution in [0.1, 0.15) is 0 Å². The molecule has 0 amide bonds. The van der Waals surface area contributed by atoms with Crippen LogP contribution in [0.2, 0.25) is 0 Å². The lowest BCUT2D eigenvalue weighted by atomic mass is 10.0. The number of hydrogen-bond acceptors (Lipinski definition) is 1. The van der Waals surface area contributed by atoms with E-state index >= 15 is 0 Å². The van der Waals surface area contributed by atoms with Crippen molar-refractivity contribution in [3.8, 4) is 33.6 Å². The van der Waals surface area contributed by atoms with Crippen LogP contribution in [0.25, 0.3) is 108 Å². The Morgan fingerprint density at radius 1 is 0.309 bits per heavy atom. The molecule has 0 fully saturated rings. The van der Waals surface area contributed by atoms with Gasteiger partial charge in [0.15, 0.2) is 0 Å². The Balaban J connectivity index is 1.06. The van der Waals surface area contributed by atoms with Crippen LogP contribution in [0.4, 0.5) is 0 Å². The summed E-state index contributed by atoms with van der Waals surface area (Å²) >= 11 is 1.89. The van der Waals surface area contributed by atoms with Crippen molar-refractivity contribution in [2.75, 3.05) is 0 Å². The number of benzene rings is 9. The molecule has 55 heavy (non-hydrogen) atoms. The first kappa shape index (κ1) is 30.5. The van der Waals surface area contributed by atoms with Gasteiger partial charge in [0.05, 0.1) is 22.1 Å². The molecule has 0 unspecified atom stereocenters. The second-order valence-corrected chi connectivity index (χ2v) is 15.6. The van der Waals surface area contributed by atoms with Crippen LogP contribution in [-0.2, 0) is 0 Å². The van der Waals surface area contributed by atoms with E-state index in [1.165, 1.54) is 108 Å². The summed E-state index contributed by atoms with van der Waals surface area (Å²) in [4.78, 5) is 0.